The van der Waals surface area contributed by atoms with E-state index in [1.54, 1.807) is 0 Å². The summed E-state index contributed by atoms with van der Waals surface area (Å²) in [7, 11) is -4.31. The highest BCUT2D eigenvalue weighted by atomic mass is 32.2. The van der Waals surface area contributed by atoms with Crippen LogP contribution in [0, 0.1) is 0 Å². The van der Waals surface area contributed by atoms with Crippen LogP contribution in [0.15, 0.2) is 41.5 Å². The lowest BCUT2D eigenvalue weighted by atomic mass is 9.86. The number of ether oxygens (including phenoxy) is 1. The smallest absolute Gasteiger partial charge is 0.497 e. The number of hydrogen-bond donors (Lipinski definition) is 0. The summed E-state index contributed by atoms with van der Waals surface area (Å²) in [6, 6.07) is 4.02. The van der Waals surface area contributed by atoms with Gasteiger partial charge in [-0.3, -0.25) is 0 Å². The fourth-order valence-corrected chi connectivity index (χ4v) is 3.44. The zero-order valence-electron chi connectivity index (χ0n) is 14.6. The van der Waals surface area contributed by atoms with Gasteiger partial charge in [-0.1, -0.05) is 17.7 Å². The monoisotopic (exact) mass is 390 g/mol. The van der Waals surface area contributed by atoms with Crippen molar-refractivity contribution in [3.8, 4) is 11.5 Å². The maximum atomic E-state index is 12.6. The van der Waals surface area contributed by atoms with E-state index in [9.17, 15) is 21.6 Å². The molecule has 4 nitrogen and oxygen atoms in total. The number of alkyl halides is 3. The van der Waals surface area contributed by atoms with Crippen molar-refractivity contribution < 1.29 is 30.5 Å². The molecule has 26 heavy (non-hydrogen) atoms. The van der Waals surface area contributed by atoms with Crippen LogP contribution in [0.4, 0.5) is 13.2 Å². The zero-order chi connectivity index (χ0) is 19.5. The Morgan fingerprint density at radius 3 is 2.46 bits per heavy atom. The predicted octanol–water partition coefficient (Wildman–Crippen LogP) is 4.91. The highest BCUT2D eigenvalue weighted by Crippen LogP contribution is 2.35. The fourth-order valence-electron chi connectivity index (χ4n) is 2.95. The molecule has 1 aromatic carbocycles. The van der Waals surface area contributed by atoms with E-state index in [0.29, 0.717) is 24.2 Å². The molecule has 0 aliphatic heterocycles. The van der Waals surface area contributed by atoms with Crippen LogP contribution in [-0.2, 0) is 16.5 Å². The van der Waals surface area contributed by atoms with Gasteiger partial charge in [-0.15, -0.1) is 0 Å². The van der Waals surface area contributed by atoms with Gasteiger partial charge in [-0.05, 0) is 68.4 Å². The molecule has 144 valence electrons. The molecule has 0 unspecified atom stereocenters. The molecule has 0 spiro atoms. The lowest BCUT2D eigenvalue weighted by molar-refractivity contribution is -0.0500. The van der Waals surface area contributed by atoms with E-state index >= 15 is 0 Å². The molecular weight excluding hydrogens is 369 g/mol. The second kappa shape index (κ2) is 7.73. The molecule has 1 aliphatic carbocycles. The quantitative estimate of drug-likeness (QED) is 0.511. The SMILES string of the molecule is C=C1CCCC(C)=C1CCc1cc(OC)ccc1OS(=O)(=O)C(F)(F)F. The lowest BCUT2D eigenvalue weighted by Crippen LogP contribution is -2.28. The lowest BCUT2D eigenvalue weighted by Gasteiger charge is -2.21. The Morgan fingerprint density at radius 2 is 1.88 bits per heavy atom. The van der Waals surface area contributed by atoms with Gasteiger partial charge in [0.2, 0.25) is 0 Å². The highest BCUT2D eigenvalue weighted by molar-refractivity contribution is 7.88. The van der Waals surface area contributed by atoms with Crippen molar-refractivity contribution in [2.45, 2.75) is 44.5 Å². The Kier molecular flexibility index (Phi) is 6.05. The third-order valence-electron chi connectivity index (χ3n) is 4.37. The van der Waals surface area contributed by atoms with Gasteiger partial charge in [-0.25, -0.2) is 0 Å². The van der Waals surface area contributed by atoms with Crippen molar-refractivity contribution in [1.82, 2.24) is 0 Å². The molecule has 0 atom stereocenters. The number of methoxy groups -OCH3 is 1. The van der Waals surface area contributed by atoms with Crippen molar-refractivity contribution in [3.05, 3.63) is 47.1 Å². The topological polar surface area (TPSA) is 52.6 Å². The number of rotatable bonds is 6. The van der Waals surface area contributed by atoms with Gasteiger partial charge in [0.05, 0.1) is 7.11 Å². The van der Waals surface area contributed by atoms with Crippen LogP contribution in [0.2, 0.25) is 0 Å². The van der Waals surface area contributed by atoms with E-state index in [-0.39, 0.29) is 5.75 Å². The summed E-state index contributed by atoms with van der Waals surface area (Å²) in [5, 5.41) is 0. The fraction of sp³-hybridized carbons (Fsp3) is 0.444. The minimum Gasteiger partial charge on any atom is -0.497 e. The van der Waals surface area contributed by atoms with E-state index in [2.05, 4.69) is 10.8 Å². The standard InChI is InChI=1S/C18H21F3O4S/c1-12-5-4-6-13(2)16(12)9-7-14-11-15(24-3)8-10-17(14)25-26(22,23)18(19,20)21/h8,10-11H,1,4-7,9H2,2-3H3. The van der Waals surface area contributed by atoms with Crippen molar-refractivity contribution in [2.24, 2.45) is 0 Å². The summed E-state index contributed by atoms with van der Waals surface area (Å²) < 4.78 is 70.0. The van der Waals surface area contributed by atoms with E-state index < -0.39 is 15.6 Å². The maximum absolute atomic E-state index is 12.6. The molecule has 1 aromatic rings. The molecule has 0 radical (unpaired) electrons. The Bertz CT molecular complexity index is 823. The number of benzene rings is 1. The first-order valence-electron chi connectivity index (χ1n) is 8.09. The van der Waals surface area contributed by atoms with Crippen LogP contribution in [0.25, 0.3) is 0 Å². The van der Waals surface area contributed by atoms with Crippen LogP contribution < -0.4 is 8.92 Å². The summed E-state index contributed by atoms with van der Waals surface area (Å²) in [5.74, 6) is 0.0627. The van der Waals surface area contributed by atoms with Crippen LogP contribution in [0.5, 0.6) is 11.5 Å². The molecule has 0 saturated carbocycles. The van der Waals surface area contributed by atoms with E-state index in [0.717, 1.165) is 30.4 Å². The van der Waals surface area contributed by atoms with Gasteiger partial charge in [0.25, 0.3) is 0 Å². The largest absolute Gasteiger partial charge is 0.534 e. The van der Waals surface area contributed by atoms with Crippen molar-refractivity contribution in [3.63, 3.8) is 0 Å². The Hall–Kier alpha value is -1.96. The third-order valence-corrected chi connectivity index (χ3v) is 5.33. The van der Waals surface area contributed by atoms with Gasteiger partial charge in [0.15, 0.2) is 0 Å². The highest BCUT2D eigenvalue weighted by Gasteiger charge is 2.48. The van der Waals surface area contributed by atoms with Crippen molar-refractivity contribution in [1.29, 1.82) is 0 Å². The zero-order valence-corrected chi connectivity index (χ0v) is 15.5. The van der Waals surface area contributed by atoms with Crippen LogP contribution in [-0.4, -0.2) is 21.0 Å². The summed E-state index contributed by atoms with van der Waals surface area (Å²) >= 11 is 0. The summed E-state index contributed by atoms with van der Waals surface area (Å²) in [4.78, 5) is 0. The molecule has 2 rings (SSSR count). The van der Waals surface area contributed by atoms with Gasteiger partial charge in [-0.2, -0.15) is 21.6 Å². The van der Waals surface area contributed by atoms with Gasteiger partial charge >= 0.3 is 15.6 Å². The Balaban J connectivity index is 2.30. The van der Waals surface area contributed by atoms with Gasteiger partial charge in [0.1, 0.15) is 11.5 Å². The second-order valence-corrected chi connectivity index (χ2v) is 7.71. The molecule has 0 N–H and O–H groups in total. The third kappa shape index (κ3) is 4.60. The minimum atomic E-state index is -5.73. The molecule has 0 aromatic heterocycles. The first-order chi connectivity index (χ1) is 12.0. The normalized spacial score (nSPS) is 16.0. The minimum absolute atomic E-state index is 0.311. The number of aryl methyl sites for hydroxylation is 1. The van der Waals surface area contributed by atoms with E-state index in [1.807, 2.05) is 6.92 Å². The van der Waals surface area contributed by atoms with Crippen molar-refractivity contribution >= 4 is 10.1 Å². The molecule has 0 saturated heterocycles. The molecule has 0 amide bonds. The average Bonchev–Trinajstić information content (AvgIpc) is 2.54. The number of allylic oxidation sites excluding steroid dienone is 3. The molecule has 8 heteroatoms. The second-order valence-electron chi connectivity index (χ2n) is 6.17. The first kappa shape index (κ1) is 20.4. The van der Waals surface area contributed by atoms with Gasteiger partial charge in [0, 0.05) is 0 Å². The van der Waals surface area contributed by atoms with Crippen LogP contribution in [0.1, 0.15) is 38.2 Å². The molecule has 1 aliphatic rings. The number of hydrogen-bond acceptors (Lipinski definition) is 4. The first-order valence-corrected chi connectivity index (χ1v) is 9.50. The molecular formula is C18H21F3O4S. The molecule has 0 heterocycles. The maximum Gasteiger partial charge on any atom is 0.534 e. The van der Waals surface area contributed by atoms with Crippen molar-refractivity contribution in [2.75, 3.05) is 7.11 Å². The predicted molar refractivity (Wildman–Crippen MR) is 92.6 cm³/mol. The molecule has 0 fully saturated rings. The summed E-state index contributed by atoms with van der Waals surface area (Å²) in [6.45, 7) is 6.06. The molecule has 0 bridgehead atoms. The summed E-state index contributed by atoms with van der Waals surface area (Å²) in [6.07, 6.45) is 3.73. The number of halogens is 3. The van der Waals surface area contributed by atoms with Crippen LogP contribution in [0.3, 0.4) is 0 Å². The Labute approximate surface area is 151 Å². The van der Waals surface area contributed by atoms with Gasteiger partial charge < -0.3 is 8.92 Å². The average molecular weight is 390 g/mol. The van der Waals surface area contributed by atoms with E-state index in [1.165, 1.54) is 30.9 Å². The van der Waals surface area contributed by atoms with Crippen LogP contribution >= 0.6 is 0 Å². The summed E-state index contributed by atoms with van der Waals surface area (Å²) in [5.41, 5.74) is -1.85. The Morgan fingerprint density at radius 1 is 1.19 bits per heavy atom. The van der Waals surface area contributed by atoms with E-state index in [4.69, 9.17) is 4.74 Å².